The van der Waals surface area contributed by atoms with Crippen molar-refractivity contribution in [3.63, 3.8) is 0 Å². The van der Waals surface area contributed by atoms with Crippen molar-refractivity contribution in [2.75, 3.05) is 0 Å². The molecule has 0 atom stereocenters. The van der Waals surface area contributed by atoms with Crippen molar-refractivity contribution in [3.8, 4) is 5.75 Å². The van der Waals surface area contributed by atoms with Crippen molar-refractivity contribution < 1.29 is 13.5 Å². The first-order valence-electron chi connectivity index (χ1n) is 3.10. The molecule has 1 aromatic carbocycles. The molecular weight excluding hydrogens is 289 g/mol. The zero-order valence-corrected chi connectivity index (χ0v) is 9.13. The van der Waals surface area contributed by atoms with Crippen LogP contribution in [0.15, 0.2) is 16.6 Å². The molecule has 0 spiro atoms. The molecular formula is C7H3BrCl2F2O. The Morgan fingerprint density at radius 2 is 1.85 bits per heavy atom. The van der Waals surface area contributed by atoms with Crippen LogP contribution in [-0.4, -0.2) is 6.61 Å². The second-order valence-electron chi connectivity index (χ2n) is 2.05. The first kappa shape index (κ1) is 11.0. The first-order valence-corrected chi connectivity index (χ1v) is 4.65. The Balaban J connectivity index is 3.04. The number of alkyl halides is 2. The highest BCUT2D eigenvalue weighted by Gasteiger charge is 2.12. The van der Waals surface area contributed by atoms with Gasteiger partial charge in [-0.15, -0.1) is 0 Å². The Bertz CT molecular complexity index is 320. The monoisotopic (exact) mass is 290 g/mol. The average Bonchev–Trinajstić information content (AvgIpc) is 2.06. The van der Waals surface area contributed by atoms with Gasteiger partial charge in [0.1, 0.15) is 10.8 Å². The van der Waals surface area contributed by atoms with E-state index in [2.05, 4.69) is 20.7 Å². The van der Waals surface area contributed by atoms with Gasteiger partial charge in [-0.1, -0.05) is 23.2 Å². The van der Waals surface area contributed by atoms with E-state index in [1.165, 1.54) is 12.1 Å². The number of benzene rings is 1. The smallest absolute Gasteiger partial charge is 0.387 e. The maximum absolute atomic E-state index is 11.8. The number of rotatable bonds is 2. The van der Waals surface area contributed by atoms with Gasteiger partial charge in [-0.05, 0) is 28.1 Å². The quantitative estimate of drug-likeness (QED) is 0.736. The van der Waals surface area contributed by atoms with E-state index in [4.69, 9.17) is 23.2 Å². The molecule has 1 aromatic rings. The van der Waals surface area contributed by atoms with Crippen molar-refractivity contribution >= 4 is 39.1 Å². The third-order valence-electron chi connectivity index (χ3n) is 1.22. The van der Waals surface area contributed by atoms with Gasteiger partial charge in [-0.2, -0.15) is 8.78 Å². The number of halogens is 5. The van der Waals surface area contributed by atoms with Crippen LogP contribution >= 0.6 is 39.1 Å². The second kappa shape index (κ2) is 4.44. The van der Waals surface area contributed by atoms with E-state index in [0.717, 1.165) is 0 Å². The lowest BCUT2D eigenvalue weighted by molar-refractivity contribution is -0.0497. The lowest BCUT2D eigenvalue weighted by Gasteiger charge is -2.07. The number of hydrogen-bond acceptors (Lipinski definition) is 1. The molecule has 1 nitrogen and oxygen atoms in total. The first-order chi connectivity index (χ1) is 6.02. The molecule has 72 valence electrons. The molecule has 0 aromatic heterocycles. The van der Waals surface area contributed by atoms with Crippen LogP contribution in [-0.2, 0) is 0 Å². The molecule has 0 bridgehead atoms. The molecule has 0 N–H and O–H groups in total. The van der Waals surface area contributed by atoms with Gasteiger partial charge in [-0.25, -0.2) is 0 Å². The van der Waals surface area contributed by atoms with E-state index in [1.54, 1.807) is 0 Å². The largest absolute Gasteiger partial charge is 0.433 e. The van der Waals surface area contributed by atoms with Crippen LogP contribution < -0.4 is 4.74 Å². The van der Waals surface area contributed by atoms with Crippen molar-refractivity contribution in [1.29, 1.82) is 0 Å². The predicted octanol–water partition coefficient (Wildman–Crippen LogP) is 4.36. The molecule has 0 aliphatic rings. The standard InChI is InChI=1S/C7H3BrCl2F2O/c8-3-1-2-4(13-7(11)12)6(10)5(3)9/h1-2,7H. The summed E-state index contributed by atoms with van der Waals surface area (Å²) in [5.41, 5.74) is 0. The lowest BCUT2D eigenvalue weighted by atomic mass is 10.3. The molecule has 1 rings (SSSR count). The van der Waals surface area contributed by atoms with Crippen molar-refractivity contribution in [2.45, 2.75) is 6.61 Å². The fraction of sp³-hybridized carbons (Fsp3) is 0.143. The van der Waals surface area contributed by atoms with Crippen LogP contribution in [0.25, 0.3) is 0 Å². The normalized spacial score (nSPS) is 10.6. The average molecular weight is 292 g/mol. The molecule has 6 heteroatoms. The Kier molecular flexibility index (Phi) is 3.76. The van der Waals surface area contributed by atoms with Gasteiger partial charge in [0.2, 0.25) is 0 Å². The van der Waals surface area contributed by atoms with E-state index >= 15 is 0 Å². The summed E-state index contributed by atoms with van der Waals surface area (Å²) in [4.78, 5) is 0. The molecule has 0 radical (unpaired) electrons. The van der Waals surface area contributed by atoms with Gasteiger partial charge < -0.3 is 4.74 Å². The second-order valence-corrected chi connectivity index (χ2v) is 3.66. The summed E-state index contributed by atoms with van der Waals surface area (Å²) in [6, 6.07) is 2.79. The maximum atomic E-state index is 11.8. The fourth-order valence-electron chi connectivity index (χ4n) is 0.695. The van der Waals surface area contributed by atoms with Crippen LogP contribution in [0.5, 0.6) is 5.75 Å². The number of hydrogen-bond donors (Lipinski definition) is 0. The summed E-state index contributed by atoms with van der Waals surface area (Å²) >= 11 is 14.4. The Morgan fingerprint density at radius 3 is 2.38 bits per heavy atom. The van der Waals surface area contributed by atoms with E-state index in [1.807, 2.05) is 0 Å². The summed E-state index contributed by atoms with van der Waals surface area (Å²) in [6.45, 7) is -2.91. The topological polar surface area (TPSA) is 9.23 Å². The highest BCUT2D eigenvalue weighted by atomic mass is 79.9. The van der Waals surface area contributed by atoms with Crippen LogP contribution in [0.3, 0.4) is 0 Å². The highest BCUT2D eigenvalue weighted by molar-refractivity contribution is 9.10. The van der Waals surface area contributed by atoms with E-state index in [-0.39, 0.29) is 15.8 Å². The van der Waals surface area contributed by atoms with Crippen LogP contribution in [0.4, 0.5) is 8.78 Å². The molecule has 13 heavy (non-hydrogen) atoms. The molecule has 0 saturated carbocycles. The Labute approximate surface area is 91.7 Å². The summed E-state index contributed by atoms with van der Waals surface area (Å²) in [5.74, 6) is -0.134. The van der Waals surface area contributed by atoms with Gasteiger partial charge >= 0.3 is 6.61 Å². The van der Waals surface area contributed by atoms with Gasteiger partial charge in [0.05, 0.1) is 5.02 Å². The van der Waals surface area contributed by atoms with Crippen LogP contribution in [0.2, 0.25) is 10.0 Å². The molecule has 0 unspecified atom stereocenters. The summed E-state index contributed by atoms with van der Waals surface area (Å²) < 4.78 is 28.2. The third kappa shape index (κ3) is 2.69. The molecule has 0 aliphatic heterocycles. The van der Waals surface area contributed by atoms with E-state index < -0.39 is 6.61 Å². The van der Waals surface area contributed by atoms with Crippen LogP contribution in [0.1, 0.15) is 0 Å². The molecule has 0 saturated heterocycles. The third-order valence-corrected chi connectivity index (χ3v) is 2.97. The zero-order chi connectivity index (χ0) is 10.0. The van der Waals surface area contributed by atoms with Crippen molar-refractivity contribution in [2.24, 2.45) is 0 Å². The summed E-state index contributed by atoms with van der Waals surface area (Å²) in [5, 5.41) is 0.121. The highest BCUT2D eigenvalue weighted by Crippen LogP contribution is 2.37. The lowest BCUT2D eigenvalue weighted by Crippen LogP contribution is -2.02. The predicted molar refractivity (Wildman–Crippen MR) is 50.8 cm³/mol. The van der Waals surface area contributed by atoms with Gasteiger partial charge in [0, 0.05) is 4.47 Å². The molecule has 0 fully saturated rings. The fourth-order valence-corrected chi connectivity index (χ4v) is 1.51. The van der Waals surface area contributed by atoms with Gasteiger partial charge in [0.15, 0.2) is 0 Å². The molecule has 0 amide bonds. The molecule has 0 heterocycles. The van der Waals surface area contributed by atoms with Crippen LogP contribution in [0, 0.1) is 0 Å². The van der Waals surface area contributed by atoms with Crippen molar-refractivity contribution in [3.05, 3.63) is 26.7 Å². The van der Waals surface area contributed by atoms with Gasteiger partial charge in [-0.3, -0.25) is 0 Å². The molecule has 0 aliphatic carbocycles. The van der Waals surface area contributed by atoms with Gasteiger partial charge in [0.25, 0.3) is 0 Å². The summed E-state index contributed by atoms with van der Waals surface area (Å²) in [7, 11) is 0. The van der Waals surface area contributed by atoms with E-state index in [9.17, 15) is 8.78 Å². The maximum Gasteiger partial charge on any atom is 0.387 e. The SMILES string of the molecule is FC(F)Oc1ccc(Br)c(Cl)c1Cl. The Hall–Kier alpha value is -0.0600. The minimum Gasteiger partial charge on any atom is -0.433 e. The summed E-state index contributed by atoms with van der Waals surface area (Å²) in [6.07, 6.45) is 0. The minimum absolute atomic E-state index is 0.0312. The number of ether oxygens (including phenoxy) is 1. The van der Waals surface area contributed by atoms with E-state index in [0.29, 0.717) is 4.47 Å². The van der Waals surface area contributed by atoms with Crippen molar-refractivity contribution in [1.82, 2.24) is 0 Å². The minimum atomic E-state index is -2.91. The zero-order valence-electron chi connectivity index (χ0n) is 6.03. The Morgan fingerprint density at radius 1 is 1.23 bits per heavy atom.